The lowest BCUT2D eigenvalue weighted by Gasteiger charge is -2.47. The molecule has 8 aliphatic rings. The number of halogens is 4. The Labute approximate surface area is 409 Å². The number of allylic oxidation sites excluding steroid dienone is 10. The van der Waals surface area contributed by atoms with E-state index in [4.69, 9.17) is 65.4 Å². The van der Waals surface area contributed by atoms with Crippen LogP contribution in [0.3, 0.4) is 0 Å². The quantitative estimate of drug-likeness (QED) is 0.0756. The molecule has 0 unspecified atom stereocenters. The van der Waals surface area contributed by atoms with Crippen molar-refractivity contribution in [3.8, 4) is 0 Å². The topological polar surface area (TPSA) is 146 Å². The fourth-order valence-corrected chi connectivity index (χ4v) is 13.5. The van der Waals surface area contributed by atoms with Crippen molar-refractivity contribution in [2.75, 3.05) is 0 Å². The molecule has 66 heavy (non-hydrogen) atoms. The Morgan fingerprint density at radius 1 is 0.470 bits per heavy atom. The Bertz CT molecular complexity index is 2020. The summed E-state index contributed by atoms with van der Waals surface area (Å²) in [5.41, 5.74) is -0.328. The molecule has 0 aromatic carbocycles. The third kappa shape index (κ3) is 9.43. The molecule has 4 fully saturated rings. The fourth-order valence-electron chi connectivity index (χ4n) is 12.4. The van der Waals surface area contributed by atoms with Crippen molar-refractivity contribution < 1.29 is 47.7 Å². The molecular formula is C52H64Cl4O10. The normalized spacial score (nSPS) is 49.1. The second kappa shape index (κ2) is 18.8. The first-order valence-corrected chi connectivity index (χ1v) is 25.0. The molecule has 4 aliphatic carbocycles. The van der Waals surface area contributed by atoms with Crippen LogP contribution in [0.15, 0.2) is 72.9 Å². The number of hydrogen-bond acceptors (Lipinski definition) is 10. The number of ketones is 4. The van der Waals surface area contributed by atoms with Crippen LogP contribution in [0.2, 0.25) is 0 Å². The number of fused-ring (bicyclic) bond motifs is 8. The molecular weight excluding hydrogens is 926 g/mol. The number of Topliss-reactive ketones (excluding diaryl/α,β-unsaturated/α-hetero) is 4. The first-order chi connectivity index (χ1) is 30.8. The van der Waals surface area contributed by atoms with Gasteiger partial charge >= 0.3 is 11.9 Å². The average molecular weight is 991 g/mol. The van der Waals surface area contributed by atoms with E-state index in [9.17, 15) is 28.8 Å². The zero-order chi connectivity index (χ0) is 48.6. The largest absolute Gasteiger partial charge is 0.458 e. The molecule has 0 amide bonds. The average Bonchev–Trinajstić information content (AvgIpc) is 4.16. The molecule has 360 valence electrons. The van der Waals surface area contributed by atoms with E-state index in [-0.39, 0.29) is 82.6 Å². The monoisotopic (exact) mass is 988 g/mol. The molecule has 4 aliphatic heterocycles. The van der Waals surface area contributed by atoms with Crippen LogP contribution in [0.1, 0.15) is 82.1 Å². The molecule has 0 N–H and O–H groups in total. The smallest absolute Gasteiger partial charge is 0.316 e. The van der Waals surface area contributed by atoms with Gasteiger partial charge in [0.2, 0.25) is 8.67 Å². The molecule has 0 bridgehead atoms. The predicted molar refractivity (Wildman–Crippen MR) is 254 cm³/mol. The second-order valence-electron chi connectivity index (χ2n) is 20.9. The summed E-state index contributed by atoms with van der Waals surface area (Å²) in [6, 6.07) is 0. The Balaban J connectivity index is 0.000000196. The zero-order valence-electron chi connectivity index (χ0n) is 39.3. The maximum absolute atomic E-state index is 14.0. The number of carbonyl (C=O) groups excluding carboxylic acids is 6. The van der Waals surface area contributed by atoms with Gasteiger partial charge in [-0.15, -0.1) is 0 Å². The van der Waals surface area contributed by atoms with Crippen molar-refractivity contribution in [3.05, 3.63) is 72.9 Å². The molecule has 20 atom stereocenters. The van der Waals surface area contributed by atoms with E-state index in [1.165, 1.54) is 13.8 Å². The fraction of sp³-hybridized carbons (Fsp3) is 0.654. The van der Waals surface area contributed by atoms with Gasteiger partial charge in [-0.25, -0.2) is 0 Å². The van der Waals surface area contributed by atoms with Gasteiger partial charge in [0.25, 0.3) is 0 Å². The van der Waals surface area contributed by atoms with Gasteiger partial charge in [0.15, 0.2) is 23.1 Å². The number of hydrogen-bond donors (Lipinski definition) is 0. The van der Waals surface area contributed by atoms with Crippen molar-refractivity contribution >= 4 is 81.5 Å². The molecule has 0 spiro atoms. The Kier molecular flexibility index (Phi) is 14.5. The van der Waals surface area contributed by atoms with E-state index in [0.29, 0.717) is 0 Å². The summed E-state index contributed by atoms with van der Waals surface area (Å²) in [7, 11) is 0. The van der Waals surface area contributed by atoms with Crippen LogP contribution >= 0.6 is 46.4 Å². The van der Waals surface area contributed by atoms with Gasteiger partial charge in [0, 0.05) is 11.8 Å². The van der Waals surface area contributed by atoms with Crippen molar-refractivity contribution in [2.45, 2.75) is 126 Å². The van der Waals surface area contributed by atoms with E-state index in [1.807, 2.05) is 36.5 Å². The van der Waals surface area contributed by atoms with Gasteiger partial charge < -0.3 is 18.9 Å². The second-order valence-corrected chi connectivity index (χ2v) is 23.5. The molecule has 0 aromatic rings. The molecule has 0 aromatic heterocycles. The van der Waals surface area contributed by atoms with E-state index >= 15 is 0 Å². The van der Waals surface area contributed by atoms with Crippen LogP contribution in [0.25, 0.3) is 0 Å². The Hall–Kier alpha value is -2.86. The molecule has 0 radical (unpaired) electrons. The zero-order valence-corrected chi connectivity index (χ0v) is 42.4. The van der Waals surface area contributed by atoms with E-state index in [1.54, 1.807) is 26.0 Å². The highest BCUT2D eigenvalue weighted by molar-refractivity contribution is 6.69. The van der Waals surface area contributed by atoms with Crippen LogP contribution in [0.4, 0.5) is 0 Å². The number of carbonyl (C=O) groups is 6. The summed E-state index contributed by atoms with van der Waals surface area (Å²) < 4.78 is 18.1. The van der Waals surface area contributed by atoms with Gasteiger partial charge in [0.05, 0.1) is 23.4 Å². The molecule has 2 saturated heterocycles. The highest BCUT2D eigenvalue weighted by Gasteiger charge is 2.67. The van der Waals surface area contributed by atoms with E-state index in [2.05, 4.69) is 65.8 Å². The number of rotatable bonds is 0. The minimum absolute atomic E-state index is 0.00103. The van der Waals surface area contributed by atoms with Crippen LogP contribution in [0, 0.1) is 82.9 Å². The summed E-state index contributed by atoms with van der Waals surface area (Å²) >= 11 is 26.1. The highest BCUT2D eigenvalue weighted by Crippen LogP contribution is 2.62. The summed E-state index contributed by atoms with van der Waals surface area (Å²) in [6.45, 7) is 18.7. The molecule has 10 nitrogen and oxygen atoms in total. The van der Waals surface area contributed by atoms with Crippen LogP contribution in [0.5, 0.6) is 0 Å². The number of esters is 2. The number of cyclic esters (lactones) is 2. The Morgan fingerprint density at radius 2 is 0.803 bits per heavy atom. The summed E-state index contributed by atoms with van der Waals surface area (Å²) in [4.78, 5) is 79.5. The summed E-state index contributed by atoms with van der Waals surface area (Å²) in [5, 5.41) is 0. The van der Waals surface area contributed by atoms with Crippen LogP contribution < -0.4 is 0 Å². The molecule has 14 heteroatoms. The highest BCUT2D eigenvalue weighted by atomic mass is 35.5. The van der Waals surface area contributed by atoms with Crippen molar-refractivity contribution in [2.24, 2.45) is 82.9 Å². The molecule has 4 heterocycles. The lowest BCUT2D eigenvalue weighted by molar-refractivity contribution is -0.156. The minimum atomic E-state index is -2.34. The van der Waals surface area contributed by atoms with Crippen molar-refractivity contribution in [1.82, 2.24) is 0 Å². The maximum Gasteiger partial charge on any atom is 0.316 e. The molecule has 2 saturated carbocycles. The first-order valence-electron chi connectivity index (χ1n) is 23.5. The summed E-state index contributed by atoms with van der Waals surface area (Å²) in [5.74, 6) is -7.91. The lowest BCUT2D eigenvalue weighted by Crippen LogP contribution is -2.54. The van der Waals surface area contributed by atoms with Gasteiger partial charge in [-0.05, 0) is 126 Å². The summed E-state index contributed by atoms with van der Waals surface area (Å²) in [6.07, 6.45) is 24.2. The van der Waals surface area contributed by atoms with Crippen LogP contribution in [-0.4, -0.2) is 79.4 Å². The van der Waals surface area contributed by atoms with Crippen LogP contribution in [-0.2, 0) is 47.7 Å². The third-order valence-electron chi connectivity index (χ3n) is 16.1. The van der Waals surface area contributed by atoms with E-state index < -0.39 is 79.6 Å². The van der Waals surface area contributed by atoms with Gasteiger partial charge in [-0.1, -0.05) is 135 Å². The SMILES string of the molecule is C[C@@H]1C(=O)O[C@@H](C)/C=C/C=C\[C@@H](C)[C@@H]2C=C[C@@H]3C[C@@]4(C)O[C@H]4[C@@H](C)[C@H]3[C@@H]2C(=O)C(Cl)(Cl)C1=O.C[C@@H]1C(=O)O[C@@H](C)/C=C/C=C\[C@@H](C)[C@@H]2C=C[C@@H]3C[C@]4(C)O[C@@H]4[C@@H](C)[C@H]3[C@@H]2C(=O)C(Cl)(Cl)C1=O. The molecule has 8 rings (SSSR count). The van der Waals surface area contributed by atoms with Gasteiger partial charge in [0.1, 0.15) is 24.0 Å². The predicted octanol–water partition coefficient (Wildman–Crippen LogP) is 9.72. The standard InChI is InChI=1S/2C26H32Cl2O5/c2*1-13-8-6-7-9-14(2)32-24(31)16(4)21(29)26(27,28)22(30)20-18(13)11-10-17-12-25(5)23(33-25)15(3)19(17)20/h2*6-11,13-20,23H,12H2,1-5H3/b2*8-6-,9-7+/t13-,14+,15+,16+,17-,18+,19-,20-,23+,25-;13-,14+,15+,16+,17-,18+,19-,20-,23-,25+/m11/s1. The number of ether oxygens (including phenoxy) is 4. The Morgan fingerprint density at radius 3 is 1.15 bits per heavy atom. The van der Waals surface area contributed by atoms with E-state index in [0.717, 1.165) is 12.8 Å². The van der Waals surface area contributed by atoms with Gasteiger partial charge in [-0.3, -0.25) is 28.8 Å². The van der Waals surface area contributed by atoms with Gasteiger partial charge in [-0.2, -0.15) is 0 Å². The van der Waals surface area contributed by atoms with Crippen molar-refractivity contribution in [1.29, 1.82) is 0 Å². The number of epoxide rings is 2. The minimum Gasteiger partial charge on any atom is -0.458 e. The first kappa shape index (κ1) is 51.0. The lowest BCUT2D eigenvalue weighted by atomic mass is 9.56. The van der Waals surface area contributed by atoms with Crippen molar-refractivity contribution in [3.63, 3.8) is 0 Å². The maximum atomic E-state index is 14.0. The third-order valence-corrected chi connectivity index (χ3v) is 17.6. The number of alkyl halides is 4.